The molecule has 2 aliphatic heterocycles. The fourth-order valence-electron chi connectivity index (χ4n) is 3.81. The van der Waals surface area contributed by atoms with Gasteiger partial charge in [-0.3, -0.25) is 9.48 Å². The summed E-state index contributed by atoms with van der Waals surface area (Å²) in [4.78, 5) is 12.9. The molecule has 21 heavy (non-hydrogen) atoms. The van der Waals surface area contributed by atoms with E-state index < -0.39 is 0 Å². The van der Waals surface area contributed by atoms with Gasteiger partial charge < -0.3 is 0 Å². The second-order valence-electron chi connectivity index (χ2n) is 6.39. The number of thioether (sulfide) groups is 1. The summed E-state index contributed by atoms with van der Waals surface area (Å²) < 4.78 is 1.84. The Morgan fingerprint density at radius 3 is 2.81 bits per heavy atom. The minimum Gasteiger partial charge on any atom is -0.294 e. The van der Waals surface area contributed by atoms with Crippen LogP contribution in [0.2, 0.25) is 0 Å². The van der Waals surface area contributed by atoms with Gasteiger partial charge in [-0.05, 0) is 31.7 Å². The molecule has 2 bridgehead atoms. The fraction of sp³-hybridized carbons (Fsp3) is 0.529. The van der Waals surface area contributed by atoms with E-state index in [1.165, 1.54) is 19.3 Å². The number of aromatic nitrogens is 2. The van der Waals surface area contributed by atoms with E-state index in [1.54, 1.807) is 0 Å². The number of carbonyl (C=O) groups is 1. The maximum Gasteiger partial charge on any atom is 0.166 e. The zero-order valence-corrected chi connectivity index (χ0v) is 13.1. The molecule has 3 nitrogen and oxygen atoms in total. The fourth-order valence-corrected chi connectivity index (χ4v) is 5.64. The van der Waals surface area contributed by atoms with E-state index in [0.717, 1.165) is 29.3 Å². The summed E-state index contributed by atoms with van der Waals surface area (Å²) >= 11 is 2.13. The molecule has 0 aliphatic carbocycles. The summed E-state index contributed by atoms with van der Waals surface area (Å²) in [5.41, 5.74) is 1.91. The molecule has 2 saturated heterocycles. The molecule has 2 aliphatic rings. The van der Waals surface area contributed by atoms with Crippen molar-refractivity contribution in [3.63, 3.8) is 0 Å². The summed E-state index contributed by atoms with van der Waals surface area (Å²) in [6.07, 6.45) is 7.94. The number of aryl methyl sites for hydroxylation is 1. The molecule has 1 aromatic carbocycles. The number of ketones is 1. The lowest BCUT2D eigenvalue weighted by Gasteiger charge is -2.37. The monoisotopic (exact) mass is 300 g/mol. The summed E-state index contributed by atoms with van der Waals surface area (Å²) in [6.45, 7) is 0. The Kier molecular flexibility index (Phi) is 3.29. The van der Waals surface area contributed by atoms with Gasteiger partial charge in [0.15, 0.2) is 5.78 Å². The van der Waals surface area contributed by atoms with Gasteiger partial charge in [0, 0.05) is 34.4 Å². The van der Waals surface area contributed by atoms with Gasteiger partial charge in [-0.25, -0.2) is 0 Å². The third-order valence-corrected chi connectivity index (χ3v) is 6.56. The van der Waals surface area contributed by atoms with Crippen molar-refractivity contribution in [2.75, 3.05) is 0 Å². The van der Waals surface area contributed by atoms with Gasteiger partial charge >= 0.3 is 0 Å². The number of carbonyl (C=O) groups excluding carboxylic acids is 1. The van der Waals surface area contributed by atoms with Gasteiger partial charge in [0.25, 0.3) is 0 Å². The highest BCUT2D eigenvalue weighted by Crippen LogP contribution is 2.44. The van der Waals surface area contributed by atoms with Crippen molar-refractivity contribution in [3.8, 4) is 0 Å². The van der Waals surface area contributed by atoms with Crippen LogP contribution in [0.5, 0.6) is 0 Å². The summed E-state index contributed by atoms with van der Waals surface area (Å²) in [7, 11) is 1.93. The van der Waals surface area contributed by atoms with Crippen LogP contribution < -0.4 is 0 Å². The average Bonchev–Trinajstić information content (AvgIpc) is 2.87. The van der Waals surface area contributed by atoms with Crippen LogP contribution in [0.1, 0.15) is 42.5 Å². The Morgan fingerprint density at radius 1 is 1.29 bits per heavy atom. The van der Waals surface area contributed by atoms with Crippen LogP contribution in [0.4, 0.5) is 0 Å². The highest BCUT2D eigenvalue weighted by atomic mass is 32.2. The molecule has 4 heteroatoms. The van der Waals surface area contributed by atoms with Crippen molar-refractivity contribution in [2.45, 2.75) is 42.6 Å². The molecule has 2 unspecified atom stereocenters. The van der Waals surface area contributed by atoms with Crippen molar-refractivity contribution in [1.82, 2.24) is 9.78 Å². The van der Waals surface area contributed by atoms with Gasteiger partial charge in [0.2, 0.25) is 0 Å². The molecular weight excluding hydrogens is 280 g/mol. The molecule has 0 saturated carbocycles. The van der Waals surface area contributed by atoms with E-state index in [4.69, 9.17) is 0 Å². The second-order valence-corrected chi connectivity index (χ2v) is 7.99. The summed E-state index contributed by atoms with van der Waals surface area (Å²) in [5, 5.41) is 6.79. The van der Waals surface area contributed by atoms with Gasteiger partial charge in [0.05, 0.1) is 11.7 Å². The number of hydrogen-bond donors (Lipinski definition) is 0. The lowest BCUT2D eigenvalue weighted by atomic mass is 9.84. The Morgan fingerprint density at radius 2 is 2.05 bits per heavy atom. The molecule has 0 spiro atoms. The van der Waals surface area contributed by atoms with Crippen molar-refractivity contribution >= 4 is 28.4 Å². The SMILES string of the molecule is Cn1ncc2ccc(C(=O)C3CC4CCCC(C3)S4)cc21. The van der Waals surface area contributed by atoms with Gasteiger partial charge in [0.1, 0.15) is 0 Å². The first-order valence-corrected chi connectivity index (χ1v) is 8.76. The van der Waals surface area contributed by atoms with Crippen LogP contribution in [0, 0.1) is 5.92 Å². The molecule has 3 heterocycles. The summed E-state index contributed by atoms with van der Waals surface area (Å²) in [5.74, 6) is 0.572. The third-order valence-electron chi connectivity index (χ3n) is 4.94. The molecular formula is C17H20N2OS. The van der Waals surface area contributed by atoms with E-state index in [2.05, 4.69) is 16.9 Å². The highest BCUT2D eigenvalue weighted by Gasteiger charge is 2.35. The first-order chi connectivity index (χ1) is 10.2. The predicted octanol–water partition coefficient (Wildman–Crippen LogP) is 3.82. The van der Waals surface area contributed by atoms with E-state index in [-0.39, 0.29) is 5.92 Å². The third kappa shape index (κ3) is 2.39. The molecule has 2 aromatic rings. The van der Waals surface area contributed by atoms with Crippen LogP contribution in [-0.4, -0.2) is 26.1 Å². The Bertz CT molecular complexity index is 681. The first kappa shape index (κ1) is 13.4. The topological polar surface area (TPSA) is 34.9 Å². The zero-order chi connectivity index (χ0) is 14.4. The van der Waals surface area contributed by atoms with Crippen LogP contribution in [0.3, 0.4) is 0 Å². The number of nitrogens with zero attached hydrogens (tertiary/aromatic N) is 2. The molecule has 0 amide bonds. The Balaban J connectivity index is 1.62. The Labute approximate surface area is 129 Å². The van der Waals surface area contributed by atoms with Crippen molar-refractivity contribution in [3.05, 3.63) is 30.0 Å². The molecule has 0 radical (unpaired) electrons. The standard InChI is InChI=1S/C17H20N2OS/c1-19-16-9-11(5-6-12(16)10-18-19)17(20)13-7-14-3-2-4-15(8-13)21-14/h5-6,9-10,13-15H,2-4,7-8H2,1H3. The molecule has 2 fully saturated rings. The lowest BCUT2D eigenvalue weighted by molar-refractivity contribution is 0.0897. The first-order valence-electron chi connectivity index (χ1n) is 7.82. The quantitative estimate of drug-likeness (QED) is 0.791. The molecule has 2 atom stereocenters. The van der Waals surface area contributed by atoms with Gasteiger partial charge in [-0.15, -0.1) is 0 Å². The zero-order valence-electron chi connectivity index (χ0n) is 12.3. The number of rotatable bonds is 2. The number of Topliss-reactive ketones (excluding diaryl/α,β-unsaturated/α-hetero) is 1. The van der Waals surface area contributed by atoms with E-state index in [9.17, 15) is 4.79 Å². The largest absolute Gasteiger partial charge is 0.294 e. The lowest BCUT2D eigenvalue weighted by Crippen LogP contribution is -2.32. The minimum absolute atomic E-state index is 0.229. The number of benzene rings is 1. The maximum absolute atomic E-state index is 12.9. The van der Waals surface area contributed by atoms with Gasteiger partial charge in [-0.1, -0.05) is 18.6 Å². The normalized spacial score (nSPS) is 28.7. The number of fused-ring (bicyclic) bond motifs is 3. The van der Waals surface area contributed by atoms with Crippen molar-refractivity contribution < 1.29 is 4.79 Å². The second kappa shape index (κ2) is 5.16. The van der Waals surface area contributed by atoms with Crippen LogP contribution in [-0.2, 0) is 7.05 Å². The molecule has 0 N–H and O–H groups in total. The van der Waals surface area contributed by atoms with E-state index >= 15 is 0 Å². The number of hydrogen-bond acceptors (Lipinski definition) is 3. The van der Waals surface area contributed by atoms with E-state index in [0.29, 0.717) is 16.3 Å². The van der Waals surface area contributed by atoms with Gasteiger partial charge in [-0.2, -0.15) is 16.9 Å². The maximum atomic E-state index is 12.9. The van der Waals surface area contributed by atoms with Crippen LogP contribution in [0.15, 0.2) is 24.4 Å². The van der Waals surface area contributed by atoms with Crippen molar-refractivity contribution in [1.29, 1.82) is 0 Å². The minimum atomic E-state index is 0.229. The van der Waals surface area contributed by atoms with Crippen molar-refractivity contribution in [2.24, 2.45) is 13.0 Å². The summed E-state index contributed by atoms with van der Waals surface area (Å²) in [6, 6.07) is 6.01. The van der Waals surface area contributed by atoms with Crippen LogP contribution in [0.25, 0.3) is 10.9 Å². The molecule has 110 valence electrons. The molecule has 4 rings (SSSR count). The van der Waals surface area contributed by atoms with Crippen LogP contribution >= 0.6 is 11.8 Å². The smallest absolute Gasteiger partial charge is 0.166 e. The average molecular weight is 300 g/mol. The Hall–Kier alpha value is -1.29. The molecule has 1 aromatic heterocycles. The highest BCUT2D eigenvalue weighted by molar-refractivity contribution is 8.00. The van der Waals surface area contributed by atoms with E-state index in [1.807, 2.05) is 36.1 Å². The predicted molar refractivity (Wildman–Crippen MR) is 86.8 cm³/mol.